The summed E-state index contributed by atoms with van der Waals surface area (Å²) in [6.07, 6.45) is -3.24. The van der Waals surface area contributed by atoms with Crippen molar-refractivity contribution in [1.82, 2.24) is 5.32 Å². The van der Waals surface area contributed by atoms with Gasteiger partial charge in [0.2, 0.25) is 5.91 Å². The standard InChI is InChI=1S/C25H22F4N4O2S/c1-23(2)21(35)32(16-6-4-14(12-30)18(10-16)25(27,28)29)22(36)33(23)17-7-5-15(19(26)11-17)13-31-20(34)24(3)8-9-24/h4-7,10-11H,8-9,13H2,1-3H3,(H,31,34). The summed E-state index contributed by atoms with van der Waals surface area (Å²) in [7, 11) is 0. The van der Waals surface area contributed by atoms with Gasteiger partial charge >= 0.3 is 6.18 Å². The second-order valence-corrected chi connectivity index (χ2v) is 10.0. The van der Waals surface area contributed by atoms with Gasteiger partial charge in [-0.05, 0) is 69.2 Å². The maximum atomic E-state index is 15.0. The molecule has 6 nitrogen and oxygen atoms in total. The fraction of sp³-hybridized carbons (Fsp3) is 0.360. The summed E-state index contributed by atoms with van der Waals surface area (Å²) in [5.41, 5.74) is -3.20. The van der Waals surface area contributed by atoms with Crippen molar-refractivity contribution in [3.63, 3.8) is 0 Å². The third-order valence-corrected chi connectivity index (χ3v) is 7.00. The van der Waals surface area contributed by atoms with Crippen LogP contribution in [0.2, 0.25) is 0 Å². The van der Waals surface area contributed by atoms with Crippen molar-refractivity contribution in [3.8, 4) is 6.07 Å². The molecular formula is C25H22F4N4O2S. The summed E-state index contributed by atoms with van der Waals surface area (Å²) < 4.78 is 55.4. The Bertz CT molecular complexity index is 1330. The summed E-state index contributed by atoms with van der Waals surface area (Å²) in [6, 6.07) is 8.57. The minimum atomic E-state index is -4.81. The van der Waals surface area contributed by atoms with Gasteiger partial charge in [-0.25, -0.2) is 4.39 Å². The van der Waals surface area contributed by atoms with Crippen LogP contribution < -0.4 is 15.1 Å². The van der Waals surface area contributed by atoms with E-state index in [9.17, 15) is 27.2 Å². The zero-order chi connectivity index (χ0) is 26.6. The number of anilines is 2. The van der Waals surface area contributed by atoms with Gasteiger partial charge in [0, 0.05) is 23.2 Å². The maximum Gasteiger partial charge on any atom is 0.417 e. The van der Waals surface area contributed by atoms with Crippen LogP contribution in [0.15, 0.2) is 36.4 Å². The van der Waals surface area contributed by atoms with Gasteiger partial charge in [0.25, 0.3) is 5.91 Å². The van der Waals surface area contributed by atoms with Crippen LogP contribution in [0.5, 0.6) is 0 Å². The van der Waals surface area contributed by atoms with Gasteiger partial charge in [0.15, 0.2) is 5.11 Å². The van der Waals surface area contributed by atoms with Crippen LogP contribution in [0.4, 0.5) is 28.9 Å². The average molecular weight is 519 g/mol. The van der Waals surface area contributed by atoms with Crippen molar-refractivity contribution in [2.24, 2.45) is 5.41 Å². The smallest absolute Gasteiger partial charge is 0.351 e. The number of halogens is 4. The molecule has 0 atom stereocenters. The molecule has 0 spiro atoms. The molecule has 11 heteroatoms. The van der Waals surface area contributed by atoms with Gasteiger partial charge in [-0.15, -0.1) is 0 Å². The van der Waals surface area contributed by atoms with Gasteiger partial charge in [-0.1, -0.05) is 13.0 Å². The van der Waals surface area contributed by atoms with Gasteiger partial charge in [-0.3, -0.25) is 14.5 Å². The van der Waals surface area contributed by atoms with E-state index in [0.717, 1.165) is 23.8 Å². The Morgan fingerprint density at radius 3 is 2.33 bits per heavy atom. The van der Waals surface area contributed by atoms with Gasteiger partial charge in [0.05, 0.1) is 22.9 Å². The molecule has 2 aromatic carbocycles. The van der Waals surface area contributed by atoms with E-state index in [4.69, 9.17) is 17.5 Å². The van der Waals surface area contributed by atoms with E-state index in [-0.39, 0.29) is 34.5 Å². The molecular weight excluding hydrogens is 496 g/mol. The number of benzene rings is 2. The molecule has 0 unspecified atom stereocenters. The Morgan fingerprint density at radius 2 is 1.78 bits per heavy atom. The van der Waals surface area contributed by atoms with Crippen LogP contribution >= 0.6 is 12.2 Å². The van der Waals surface area contributed by atoms with E-state index < -0.39 is 40.0 Å². The van der Waals surface area contributed by atoms with Crippen LogP contribution in [0.3, 0.4) is 0 Å². The summed E-state index contributed by atoms with van der Waals surface area (Å²) in [6.45, 7) is 4.88. The van der Waals surface area contributed by atoms with E-state index in [1.165, 1.54) is 49.1 Å². The average Bonchev–Trinajstić information content (AvgIpc) is 3.52. The minimum Gasteiger partial charge on any atom is -0.351 e. The number of nitrogens with zero attached hydrogens (tertiary/aromatic N) is 3. The number of nitrogens with one attached hydrogen (secondary N) is 1. The Kier molecular flexibility index (Phi) is 6.07. The number of amides is 2. The Morgan fingerprint density at radius 1 is 1.14 bits per heavy atom. The van der Waals surface area contributed by atoms with Gasteiger partial charge in [0.1, 0.15) is 11.4 Å². The highest BCUT2D eigenvalue weighted by Gasteiger charge is 2.51. The highest BCUT2D eigenvalue weighted by atomic mass is 32.1. The number of alkyl halides is 3. The van der Waals surface area contributed by atoms with Gasteiger partial charge in [-0.2, -0.15) is 18.4 Å². The molecule has 1 saturated carbocycles. The largest absolute Gasteiger partial charge is 0.417 e. The number of hydrogen-bond acceptors (Lipinski definition) is 4. The lowest BCUT2D eigenvalue weighted by Crippen LogP contribution is -2.44. The highest BCUT2D eigenvalue weighted by Crippen LogP contribution is 2.45. The van der Waals surface area contributed by atoms with E-state index in [0.29, 0.717) is 6.07 Å². The number of carbonyl (C=O) groups excluding carboxylic acids is 2. The van der Waals surface area contributed by atoms with E-state index in [1.807, 2.05) is 6.92 Å². The molecule has 0 bridgehead atoms. The molecule has 2 aliphatic rings. The van der Waals surface area contributed by atoms with Crippen molar-refractivity contribution in [2.75, 3.05) is 9.80 Å². The van der Waals surface area contributed by atoms with Gasteiger partial charge < -0.3 is 10.2 Å². The molecule has 2 amide bonds. The third kappa shape index (κ3) is 4.30. The normalized spacial score (nSPS) is 18.3. The Labute approximate surface area is 210 Å². The van der Waals surface area contributed by atoms with Crippen molar-refractivity contribution < 1.29 is 27.2 Å². The molecule has 2 aromatic rings. The molecule has 4 rings (SSSR count). The van der Waals surface area contributed by atoms with Crippen LogP contribution in [0.1, 0.15) is 50.3 Å². The van der Waals surface area contributed by atoms with Crippen molar-refractivity contribution in [3.05, 3.63) is 58.9 Å². The summed E-state index contributed by atoms with van der Waals surface area (Å²) in [5, 5.41) is 11.6. The molecule has 1 aliphatic heterocycles. The molecule has 1 N–H and O–H groups in total. The molecule has 2 fully saturated rings. The number of rotatable bonds is 5. The van der Waals surface area contributed by atoms with Crippen LogP contribution in [0, 0.1) is 22.6 Å². The Balaban J connectivity index is 1.64. The predicted octanol–water partition coefficient (Wildman–Crippen LogP) is 5.05. The van der Waals surface area contributed by atoms with E-state index >= 15 is 0 Å². The van der Waals surface area contributed by atoms with E-state index in [2.05, 4.69) is 5.32 Å². The topological polar surface area (TPSA) is 76.4 Å². The third-order valence-electron chi connectivity index (χ3n) is 6.64. The molecule has 1 heterocycles. The maximum absolute atomic E-state index is 15.0. The number of hydrogen-bond donors (Lipinski definition) is 1. The summed E-state index contributed by atoms with van der Waals surface area (Å²) >= 11 is 5.46. The zero-order valence-corrected chi connectivity index (χ0v) is 20.5. The molecule has 0 radical (unpaired) electrons. The summed E-state index contributed by atoms with van der Waals surface area (Å²) in [4.78, 5) is 27.8. The molecule has 0 aromatic heterocycles. The first-order valence-electron chi connectivity index (χ1n) is 11.1. The first-order valence-corrected chi connectivity index (χ1v) is 11.5. The first kappa shape index (κ1) is 25.6. The number of nitriles is 1. The fourth-order valence-corrected chi connectivity index (χ4v) is 4.60. The molecule has 1 saturated heterocycles. The fourth-order valence-electron chi connectivity index (χ4n) is 4.08. The first-order chi connectivity index (χ1) is 16.7. The van der Waals surface area contributed by atoms with Crippen LogP contribution in [-0.2, 0) is 22.3 Å². The highest BCUT2D eigenvalue weighted by molar-refractivity contribution is 7.81. The predicted molar refractivity (Wildman–Crippen MR) is 128 cm³/mol. The number of carbonyl (C=O) groups is 2. The second kappa shape index (κ2) is 8.55. The lowest BCUT2D eigenvalue weighted by Gasteiger charge is -2.29. The van der Waals surface area contributed by atoms with Crippen molar-refractivity contribution in [2.45, 2.75) is 51.9 Å². The van der Waals surface area contributed by atoms with E-state index in [1.54, 1.807) is 0 Å². The van der Waals surface area contributed by atoms with Crippen LogP contribution in [0.25, 0.3) is 0 Å². The summed E-state index contributed by atoms with van der Waals surface area (Å²) in [5.74, 6) is -1.38. The second-order valence-electron chi connectivity index (χ2n) is 9.68. The SMILES string of the molecule is CC1(C(=O)NCc2ccc(N3C(=S)N(c4ccc(C#N)c(C(F)(F)F)c4)C(=O)C3(C)C)cc2F)CC1. The van der Waals surface area contributed by atoms with Crippen molar-refractivity contribution >= 4 is 40.5 Å². The minimum absolute atomic E-state index is 0.00904. The molecule has 188 valence electrons. The molecule has 36 heavy (non-hydrogen) atoms. The molecule has 1 aliphatic carbocycles. The Hall–Kier alpha value is -3.52. The lowest BCUT2D eigenvalue weighted by atomic mass is 10.0. The lowest BCUT2D eigenvalue weighted by molar-refractivity contribution is -0.137. The number of thiocarbonyl (C=S) groups is 1. The monoisotopic (exact) mass is 518 g/mol. The van der Waals surface area contributed by atoms with Crippen LogP contribution in [-0.4, -0.2) is 22.5 Å². The zero-order valence-electron chi connectivity index (χ0n) is 19.7. The quantitative estimate of drug-likeness (QED) is 0.443. The van der Waals surface area contributed by atoms with Crippen molar-refractivity contribution in [1.29, 1.82) is 5.26 Å².